The standard InChI is InChI=1S/C24H28O5/c1-2-15-3-4-19-18(7-21(25)29-20(19)6-15)13-28-22(26)12-23-8-16-5-17(9-23)11-24(27,10-16)14-23/h3-4,6-7,16-17,27H,2,5,8-14H2,1H3/t16-,17+,23?,24?. The molecule has 154 valence electrons. The van der Waals surface area contributed by atoms with Crippen molar-refractivity contribution in [2.75, 3.05) is 0 Å². The lowest BCUT2D eigenvalue weighted by Crippen LogP contribution is -2.56. The van der Waals surface area contributed by atoms with Gasteiger partial charge in [0.25, 0.3) is 0 Å². The zero-order chi connectivity index (χ0) is 20.2. The Morgan fingerprint density at radius 1 is 1.21 bits per heavy atom. The Morgan fingerprint density at radius 3 is 2.66 bits per heavy atom. The SMILES string of the molecule is CCc1ccc2c(COC(=O)CC34C[C@@H]5C[C@@H](CC(O)(C5)C3)C4)cc(=O)oc2c1. The van der Waals surface area contributed by atoms with Crippen LogP contribution in [0.3, 0.4) is 0 Å². The molecule has 0 amide bonds. The fraction of sp³-hybridized carbons (Fsp3) is 0.583. The highest BCUT2D eigenvalue weighted by Gasteiger charge is 2.57. The van der Waals surface area contributed by atoms with Gasteiger partial charge in [-0.2, -0.15) is 0 Å². The summed E-state index contributed by atoms with van der Waals surface area (Å²) < 4.78 is 10.9. The van der Waals surface area contributed by atoms with Gasteiger partial charge < -0.3 is 14.3 Å². The van der Waals surface area contributed by atoms with Crippen LogP contribution in [0.25, 0.3) is 11.0 Å². The van der Waals surface area contributed by atoms with Crippen LogP contribution in [-0.4, -0.2) is 16.7 Å². The van der Waals surface area contributed by atoms with E-state index < -0.39 is 11.2 Å². The van der Waals surface area contributed by atoms with Gasteiger partial charge in [-0.1, -0.05) is 19.1 Å². The van der Waals surface area contributed by atoms with E-state index in [1.807, 2.05) is 25.1 Å². The van der Waals surface area contributed by atoms with Crippen LogP contribution in [0, 0.1) is 17.3 Å². The third-order valence-electron chi connectivity index (χ3n) is 7.36. The molecule has 1 N–H and O–H groups in total. The fourth-order valence-electron chi connectivity index (χ4n) is 6.74. The van der Waals surface area contributed by atoms with Crippen molar-refractivity contribution in [3.05, 3.63) is 45.8 Å². The molecular weight excluding hydrogens is 368 g/mol. The number of hydrogen-bond donors (Lipinski definition) is 1. The summed E-state index contributed by atoms with van der Waals surface area (Å²) in [7, 11) is 0. The van der Waals surface area contributed by atoms with E-state index in [9.17, 15) is 14.7 Å². The molecule has 0 radical (unpaired) electrons. The molecule has 2 unspecified atom stereocenters. The van der Waals surface area contributed by atoms with E-state index in [1.165, 1.54) is 12.5 Å². The van der Waals surface area contributed by atoms with E-state index in [0.29, 0.717) is 29.4 Å². The van der Waals surface area contributed by atoms with E-state index >= 15 is 0 Å². The van der Waals surface area contributed by atoms with Gasteiger partial charge in [0.2, 0.25) is 0 Å². The van der Waals surface area contributed by atoms with Crippen molar-refractivity contribution in [1.29, 1.82) is 0 Å². The molecule has 1 aromatic heterocycles. The first kappa shape index (κ1) is 18.9. The van der Waals surface area contributed by atoms with Crippen molar-refractivity contribution in [1.82, 2.24) is 0 Å². The second-order valence-electron chi connectivity index (χ2n) is 9.80. The van der Waals surface area contributed by atoms with Gasteiger partial charge >= 0.3 is 11.6 Å². The first-order valence-electron chi connectivity index (χ1n) is 10.8. The Bertz CT molecular complexity index is 1010. The minimum atomic E-state index is -0.573. The molecule has 4 aliphatic rings. The maximum atomic E-state index is 12.7. The summed E-state index contributed by atoms with van der Waals surface area (Å²) in [6, 6.07) is 7.21. The van der Waals surface area contributed by atoms with Crippen molar-refractivity contribution in [2.45, 2.75) is 70.5 Å². The first-order chi connectivity index (χ1) is 13.9. The molecule has 4 bridgehead atoms. The van der Waals surface area contributed by atoms with Crippen LogP contribution in [0.15, 0.2) is 33.5 Å². The smallest absolute Gasteiger partial charge is 0.336 e. The number of carbonyl (C=O) groups is 1. The Kier molecular flexibility index (Phi) is 4.35. The molecule has 1 aromatic carbocycles. The number of fused-ring (bicyclic) bond motifs is 1. The van der Waals surface area contributed by atoms with E-state index in [0.717, 1.165) is 49.5 Å². The Labute approximate surface area is 170 Å². The summed E-state index contributed by atoms with van der Waals surface area (Å²) in [6.45, 7) is 2.12. The van der Waals surface area contributed by atoms with Gasteiger partial charge in [-0.25, -0.2) is 4.79 Å². The summed E-state index contributed by atoms with van der Waals surface area (Å²) in [6.07, 6.45) is 6.98. The van der Waals surface area contributed by atoms with Crippen LogP contribution in [0.4, 0.5) is 0 Å². The zero-order valence-corrected chi connectivity index (χ0v) is 16.9. The molecule has 5 heteroatoms. The number of esters is 1. The number of hydrogen-bond acceptors (Lipinski definition) is 5. The van der Waals surface area contributed by atoms with Crippen LogP contribution >= 0.6 is 0 Å². The topological polar surface area (TPSA) is 76.7 Å². The third kappa shape index (κ3) is 3.50. The molecule has 6 rings (SSSR count). The molecular formula is C24H28O5. The van der Waals surface area contributed by atoms with E-state index in [1.54, 1.807) is 0 Å². The van der Waals surface area contributed by atoms with E-state index in [-0.39, 0.29) is 18.0 Å². The van der Waals surface area contributed by atoms with Crippen molar-refractivity contribution in [2.24, 2.45) is 17.3 Å². The average molecular weight is 396 g/mol. The van der Waals surface area contributed by atoms with Crippen LogP contribution in [-0.2, 0) is 22.6 Å². The molecule has 0 saturated heterocycles. The second-order valence-corrected chi connectivity index (χ2v) is 9.80. The lowest BCUT2D eigenvalue weighted by atomic mass is 9.47. The monoisotopic (exact) mass is 396 g/mol. The number of ether oxygens (including phenoxy) is 1. The maximum Gasteiger partial charge on any atom is 0.336 e. The molecule has 29 heavy (non-hydrogen) atoms. The minimum absolute atomic E-state index is 0.0691. The summed E-state index contributed by atoms with van der Waals surface area (Å²) in [4.78, 5) is 24.7. The molecule has 1 heterocycles. The van der Waals surface area contributed by atoms with Crippen molar-refractivity contribution >= 4 is 16.9 Å². The number of aryl methyl sites for hydroxylation is 1. The van der Waals surface area contributed by atoms with Gasteiger partial charge in [-0.15, -0.1) is 0 Å². The molecule has 5 nitrogen and oxygen atoms in total. The molecule has 4 fully saturated rings. The van der Waals surface area contributed by atoms with Crippen molar-refractivity contribution in [3.8, 4) is 0 Å². The highest BCUT2D eigenvalue weighted by Crippen LogP contribution is 2.62. The Morgan fingerprint density at radius 2 is 1.97 bits per heavy atom. The predicted molar refractivity (Wildman–Crippen MR) is 108 cm³/mol. The lowest BCUT2D eigenvalue weighted by Gasteiger charge is -2.60. The summed E-state index contributed by atoms with van der Waals surface area (Å²) >= 11 is 0. The molecule has 4 saturated carbocycles. The normalized spacial score (nSPS) is 32.6. The van der Waals surface area contributed by atoms with Crippen LogP contribution < -0.4 is 5.63 Å². The maximum absolute atomic E-state index is 12.7. The van der Waals surface area contributed by atoms with Gasteiger partial charge in [-0.05, 0) is 73.8 Å². The predicted octanol–water partition coefficient (Wildman–Crippen LogP) is 4.12. The molecule has 4 atom stereocenters. The molecule has 0 aliphatic heterocycles. The number of benzene rings is 1. The average Bonchev–Trinajstić information content (AvgIpc) is 2.63. The Hall–Kier alpha value is -2.14. The highest BCUT2D eigenvalue weighted by molar-refractivity contribution is 5.81. The highest BCUT2D eigenvalue weighted by atomic mass is 16.5. The quantitative estimate of drug-likeness (QED) is 0.608. The van der Waals surface area contributed by atoms with Gasteiger partial charge in [0.1, 0.15) is 12.2 Å². The fourth-order valence-corrected chi connectivity index (χ4v) is 6.74. The number of aliphatic hydroxyl groups is 1. The van der Waals surface area contributed by atoms with E-state index in [4.69, 9.17) is 9.15 Å². The first-order valence-corrected chi connectivity index (χ1v) is 10.8. The van der Waals surface area contributed by atoms with Crippen LogP contribution in [0.5, 0.6) is 0 Å². The van der Waals surface area contributed by atoms with E-state index in [2.05, 4.69) is 0 Å². The zero-order valence-electron chi connectivity index (χ0n) is 16.9. The van der Waals surface area contributed by atoms with Crippen LogP contribution in [0.1, 0.15) is 63.0 Å². The van der Waals surface area contributed by atoms with Gasteiger partial charge in [0.05, 0.1) is 12.0 Å². The van der Waals surface area contributed by atoms with Crippen molar-refractivity contribution in [3.63, 3.8) is 0 Å². The number of rotatable bonds is 5. The molecule has 2 aromatic rings. The minimum Gasteiger partial charge on any atom is -0.461 e. The van der Waals surface area contributed by atoms with Gasteiger partial charge in [-0.3, -0.25) is 4.79 Å². The summed E-state index contributed by atoms with van der Waals surface area (Å²) in [5.41, 5.74) is 1.19. The van der Waals surface area contributed by atoms with Crippen LogP contribution in [0.2, 0.25) is 0 Å². The second kappa shape index (κ2) is 6.69. The Balaban J connectivity index is 1.31. The van der Waals surface area contributed by atoms with Gasteiger partial charge in [0.15, 0.2) is 0 Å². The van der Waals surface area contributed by atoms with Crippen molar-refractivity contribution < 1.29 is 19.1 Å². The van der Waals surface area contributed by atoms with Gasteiger partial charge in [0, 0.05) is 17.0 Å². The summed E-state index contributed by atoms with van der Waals surface area (Å²) in [5.74, 6) is 0.858. The lowest BCUT2D eigenvalue weighted by molar-refractivity contribution is -0.177. The largest absolute Gasteiger partial charge is 0.461 e. The summed E-state index contributed by atoms with van der Waals surface area (Å²) in [5, 5.41) is 11.7. The number of carbonyl (C=O) groups excluding carboxylic acids is 1. The molecule has 4 aliphatic carbocycles. The molecule has 0 spiro atoms. The third-order valence-corrected chi connectivity index (χ3v) is 7.36.